The Morgan fingerprint density at radius 2 is 1.65 bits per heavy atom. The smallest absolute Gasteiger partial charge is 0.163 e. The van der Waals surface area contributed by atoms with Crippen LogP contribution in [0.4, 0.5) is 0 Å². The van der Waals surface area contributed by atoms with Gasteiger partial charge in [-0.1, -0.05) is 38.1 Å². The van der Waals surface area contributed by atoms with E-state index in [1.54, 1.807) is 0 Å². The molecule has 1 aromatic rings. The Balaban J connectivity index is 2.69. The van der Waals surface area contributed by atoms with Crippen molar-refractivity contribution in [2.24, 2.45) is 5.92 Å². The zero-order valence-electron chi connectivity index (χ0n) is 10.4. The quantitative estimate of drug-likeness (QED) is 0.743. The molecule has 94 valence electrons. The van der Waals surface area contributed by atoms with Crippen LogP contribution in [0.2, 0.25) is 0 Å². The van der Waals surface area contributed by atoms with Gasteiger partial charge in [0.2, 0.25) is 0 Å². The van der Waals surface area contributed by atoms with Gasteiger partial charge in [0.15, 0.2) is 5.78 Å². The van der Waals surface area contributed by atoms with Gasteiger partial charge in [-0.25, -0.2) is 0 Å². The van der Waals surface area contributed by atoms with Gasteiger partial charge in [-0.15, -0.1) is 0 Å². The molecule has 0 unspecified atom stereocenters. The summed E-state index contributed by atoms with van der Waals surface area (Å²) in [5, 5.41) is 17.9. The summed E-state index contributed by atoms with van der Waals surface area (Å²) in [5.41, 5.74) is 1.84. The van der Waals surface area contributed by atoms with Gasteiger partial charge in [-0.05, 0) is 11.5 Å². The highest BCUT2D eigenvalue weighted by molar-refractivity contribution is 5.96. The summed E-state index contributed by atoms with van der Waals surface area (Å²) in [5.74, 6) is 0.0578. The number of carbonyl (C=O) groups is 1. The largest absolute Gasteiger partial charge is 0.396 e. The first-order valence-corrected chi connectivity index (χ1v) is 5.93. The van der Waals surface area contributed by atoms with Crippen molar-refractivity contribution in [3.63, 3.8) is 0 Å². The molecule has 0 atom stereocenters. The predicted molar refractivity (Wildman–Crippen MR) is 67.1 cm³/mol. The summed E-state index contributed by atoms with van der Waals surface area (Å²) >= 11 is 0. The molecular formula is C14H20O3. The molecule has 2 N–H and O–H groups in total. The minimum atomic E-state index is -0.354. The summed E-state index contributed by atoms with van der Waals surface area (Å²) in [6.45, 7) is 3.88. The van der Waals surface area contributed by atoms with E-state index in [-0.39, 0.29) is 31.3 Å². The standard InChI is InChI=1S/C14H20O3/c1-10(2)12-3-5-13(6-4-12)14(17)7-11(8-15)9-16/h3-6,10-11,15-16H,7-9H2,1-2H3. The fourth-order valence-electron chi connectivity index (χ4n) is 1.62. The zero-order chi connectivity index (χ0) is 12.8. The highest BCUT2D eigenvalue weighted by atomic mass is 16.3. The molecule has 3 nitrogen and oxygen atoms in total. The second-order valence-electron chi connectivity index (χ2n) is 4.64. The lowest BCUT2D eigenvalue weighted by Crippen LogP contribution is -2.16. The number of carbonyl (C=O) groups excluding carboxylic acids is 1. The van der Waals surface area contributed by atoms with Crippen LogP contribution in [0, 0.1) is 5.92 Å². The van der Waals surface area contributed by atoms with Crippen molar-refractivity contribution in [3.8, 4) is 0 Å². The van der Waals surface area contributed by atoms with Crippen LogP contribution in [0.5, 0.6) is 0 Å². The normalized spacial score (nSPS) is 11.2. The van der Waals surface area contributed by atoms with Crippen LogP contribution in [0.1, 0.15) is 42.1 Å². The van der Waals surface area contributed by atoms with E-state index >= 15 is 0 Å². The summed E-state index contributed by atoms with van der Waals surface area (Å²) < 4.78 is 0. The van der Waals surface area contributed by atoms with Gasteiger partial charge in [0.05, 0.1) is 0 Å². The van der Waals surface area contributed by atoms with Gasteiger partial charge in [0.1, 0.15) is 0 Å². The van der Waals surface area contributed by atoms with Gasteiger partial charge in [0.25, 0.3) is 0 Å². The Morgan fingerprint density at radius 3 is 2.06 bits per heavy atom. The fourth-order valence-corrected chi connectivity index (χ4v) is 1.62. The molecule has 0 saturated heterocycles. The molecule has 0 spiro atoms. The van der Waals surface area contributed by atoms with E-state index in [2.05, 4.69) is 13.8 Å². The lowest BCUT2D eigenvalue weighted by atomic mass is 9.96. The Kier molecular flexibility index (Phi) is 5.32. The van der Waals surface area contributed by atoms with E-state index in [1.165, 1.54) is 5.56 Å². The fraction of sp³-hybridized carbons (Fsp3) is 0.500. The van der Waals surface area contributed by atoms with Crippen molar-refractivity contribution in [2.45, 2.75) is 26.2 Å². The number of benzene rings is 1. The molecule has 0 aliphatic carbocycles. The molecule has 0 amide bonds. The highest BCUT2D eigenvalue weighted by Crippen LogP contribution is 2.16. The zero-order valence-corrected chi connectivity index (χ0v) is 10.4. The molecule has 0 fully saturated rings. The van der Waals surface area contributed by atoms with Crippen molar-refractivity contribution < 1.29 is 15.0 Å². The first kappa shape index (κ1) is 13.9. The van der Waals surface area contributed by atoms with Gasteiger partial charge in [-0.2, -0.15) is 0 Å². The maximum absolute atomic E-state index is 11.8. The van der Waals surface area contributed by atoms with Crippen LogP contribution in [0.3, 0.4) is 0 Å². The molecule has 0 heterocycles. The van der Waals surface area contributed by atoms with Crippen LogP contribution in [0.15, 0.2) is 24.3 Å². The predicted octanol–water partition coefficient (Wildman–Crippen LogP) is 1.98. The molecule has 17 heavy (non-hydrogen) atoms. The Labute approximate surface area is 102 Å². The van der Waals surface area contributed by atoms with Crippen molar-refractivity contribution >= 4 is 5.78 Å². The van der Waals surface area contributed by atoms with Gasteiger partial charge in [-0.3, -0.25) is 4.79 Å². The van der Waals surface area contributed by atoms with Crippen LogP contribution >= 0.6 is 0 Å². The molecule has 0 aliphatic heterocycles. The molecule has 0 saturated carbocycles. The molecule has 0 bridgehead atoms. The molecule has 0 aliphatic rings. The molecule has 0 aromatic heterocycles. The summed E-state index contributed by atoms with van der Waals surface area (Å²) in [4.78, 5) is 11.8. The minimum Gasteiger partial charge on any atom is -0.396 e. The van der Waals surface area contributed by atoms with Gasteiger partial charge in [0, 0.05) is 31.1 Å². The number of ketones is 1. The van der Waals surface area contributed by atoms with E-state index in [4.69, 9.17) is 10.2 Å². The van der Waals surface area contributed by atoms with E-state index in [0.29, 0.717) is 11.5 Å². The van der Waals surface area contributed by atoms with E-state index in [9.17, 15) is 4.79 Å². The SMILES string of the molecule is CC(C)c1ccc(C(=O)CC(CO)CO)cc1. The van der Waals surface area contributed by atoms with Crippen LogP contribution in [0.25, 0.3) is 0 Å². The van der Waals surface area contributed by atoms with Crippen LogP contribution in [-0.2, 0) is 0 Å². The van der Waals surface area contributed by atoms with Crippen molar-refractivity contribution in [3.05, 3.63) is 35.4 Å². The molecule has 0 radical (unpaired) electrons. The first-order chi connectivity index (χ1) is 8.08. The lowest BCUT2D eigenvalue weighted by molar-refractivity contribution is 0.0879. The lowest BCUT2D eigenvalue weighted by Gasteiger charge is -2.10. The number of aliphatic hydroxyl groups is 2. The molecule has 1 rings (SSSR count). The van der Waals surface area contributed by atoms with E-state index in [0.717, 1.165) is 0 Å². The summed E-state index contributed by atoms with van der Waals surface area (Å²) in [7, 11) is 0. The second-order valence-corrected chi connectivity index (χ2v) is 4.64. The Bertz CT molecular complexity index is 350. The van der Waals surface area contributed by atoms with Crippen molar-refractivity contribution in [2.75, 3.05) is 13.2 Å². The van der Waals surface area contributed by atoms with Gasteiger partial charge >= 0.3 is 0 Å². The minimum absolute atomic E-state index is 0.0339. The molecule has 3 heteroatoms. The number of rotatable bonds is 6. The third kappa shape index (κ3) is 3.95. The maximum atomic E-state index is 11.8. The maximum Gasteiger partial charge on any atom is 0.163 e. The molecule has 1 aromatic carbocycles. The van der Waals surface area contributed by atoms with E-state index in [1.807, 2.05) is 24.3 Å². The number of hydrogen-bond donors (Lipinski definition) is 2. The van der Waals surface area contributed by atoms with Crippen molar-refractivity contribution in [1.29, 1.82) is 0 Å². The summed E-state index contributed by atoms with van der Waals surface area (Å²) in [6.07, 6.45) is 0.189. The van der Waals surface area contributed by atoms with Crippen LogP contribution in [-0.4, -0.2) is 29.2 Å². The number of aliphatic hydroxyl groups excluding tert-OH is 2. The monoisotopic (exact) mass is 236 g/mol. The number of Topliss-reactive ketones (excluding diaryl/α,β-unsaturated/α-hetero) is 1. The average Bonchev–Trinajstić information content (AvgIpc) is 2.35. The highest BCUT2D eigenvalue weighted by Gasteiger charge is 2.13. The second kappa shape index (κ2) is 6.52. The Morgan fingerprint density at radius 1 is 1.12 bits per heavy atom. The number of hydrogen-bond acceptors (Lipinski definition) is 3. The Hall–Kier alpha value is -1.19. The topological polar surface area (TPSA) is 57.5 Å². The van der Waals surface area contributed by atoms with Gasteiger partial charge < -0.3 is 10.2 Å². The van der Waals surface area contributed by atoms with Crippen LogP contribution < -0.4 is 0 Å². The first-order valence-electron chi connectivity index (χ1n) is 5.93. The summed E-state index contributed by atoms with van der Waals surface area (Å²) in [6, 6.07) is 7.52. The average molecular weight is 236 g/mol. The van der Waals surface area contributed by atoms with E-state index < -0.39 is 0 Å². The third-order valence-corrected chi connectivity index (χ3v) is 2.89. The van der Waals surface area contributed by atoms with Crippen molar-refractivity contribution in [1.82, 2.24) is 0 Å². The third-order valence-electron chi connectivity index (χ3n) is 2.89. The molecular weight excluding hydrogens is 216 g/mol.